The van der Waals surface area contributed by atoms with Gasteiger partial charge in [0.1, 0.15) is 0 Å². The molecule has 0 aromatic rings. The van der Waals surface area contributed by atoms with Crippen molar-refractivity contribution in [3.8, 4) is 0 Å². The van der Waals surface area contributed by atoms with Crippen LogP contribution in [0, 0.1) is 5.92 Å². The van der Waals surface area contributed by atoms with Crippen LogP contribution in [0.1, 0.15) is 13.8 Å². The molecule has 78 valence electrons. The van der Waals surface area contributed by atoms with Crippen LogP contribution in [0.25, 0.3) is 0 Å². The number of nitrogens with zero attached hydrogens (tertiary/aromatic N) is 1. The molecule has 0 aliphatic heterocycles. The number of hydrogen-bond donors (Lipinski definition) is 2. The molecule has 1 amide bonds. The lowest BCUT2D eigenvalue weighted by atomic mass is 10.1. The Hall–Kier alpha value is -0.610. The van der Waals surface area contributed by atoms with Gasteiger partial charge in [0.15, 0.2) is 0 Å². The lowest BCUT2D eigenvalue weighted by Gasteiger charge is -2.20. The number of hydrogen-bond acceptors (Lipinski definition) is 3. The fourth-order valence-electron chi connectivity index (χ4n) is 0.766. The summed E-state index contributed by atoms with van der Waals surface area (Å²) in [4.78, 5) is 12.7. The normalized spacial score (nSPS) is 15.2. The highest BCUT2D eigenvalue weighted by atomic mass is 16.3. The van der Waals surface area contributed by atoms with Crippen molar-refractivity contribution in [2.45, 2.75) is 19.9 Å². The third-order valence-corrected chi connectivity index (χ3v) is 2.22. The topological polar surface area (TPSA) is 52.6 Å². The predicted molar refractivity (Wildman–Crippen MR) is 52.4 cm³/mol. The number of likely N-dealkylation sites (N-methyl/N-ethyl adjacent to an activating group) is 1. The lowest BCUT2D eigenvalue weighted by molar-refractivity contribution is -0.127. The molecule has 0 saturated carbocycles. The molecule has 0 radical (unpaired) electrons. The van der Waals surface area contributed by atoms with Gasteiger partial charge in [0.05, 0.1) is 6.54 Å². The Bertz CT molecular complexity index is 160. The maximum atomic E-state index is 11.2. The molecule has 0 aliphatic carbocycles. The van der Waals surface area contributed by atoms with Gasteiger partial charge in [0.2, 0.25) is 5.91 Å². The van der Waals surface area contributed by atoms with Crippen molar-refractivity contribution in [2.24, 2.45) is 5.92 Å². The van der Waals surface area contributed by atoms with Crippen LogP contribution < -0.4 is 5.32 Å². The molecule has 0 aliphatic rings. The van der Waals surface area contributed by atoms with Crippen LogP contribution in [0.15, 0.2) is 0 Å². The molecular weight excluding hydrogens is 168 g/mol. The molecule has 0 aromatic carbocycles. The molecule has 0 bridgehead atoms. The van der Waals surface area contributed by atoms with Crippen LogP contribution >= 0.6 is 0 Å². The number of aliphatic hydroxyl groups is 1. The standard InChI is InChI=1S/C9H20N2O2/c1-7(6-12)8(2)10-5-9(13)11(3)4/h7-8,10,12H,5-6H2,1-4H3. The smallest absolute Gasteiger partial charge is 0.236 e. The van der Waals surface area contributed by atoms with E-state index in [1.807, 2.05) is 13.8 Å². The summed E-state index contributed by atoms with van der Waals surface area (Å²) >= 11 is 0. The molecular formula is C9H20N2O2. The van der Waals surface area contributed by atoms with Gasteiger partial charge in [-0.1, -0.05) is 6.92 Å². The molecule has 2 N–H and O–H groups in total. The largest absolute Gasteiger partial charge is 0.396 e. The second kappa shape index (κ2) is 5.94. The molecule has 0 aromatic heterocycles. The van der Waals surface area contributed by atoms with Crippen LogP contribution in [0.4, 0.5) is 0 Å². The molecule has 4 heteroatoms. The molecule has 4 nitrogen and oxygen atoms in total. The quantitative estimate of drug-likeness (QED) is 0.622. The summed E-state index contributed by atoms with van der Waals surface area (Å²) in [5.74, 6) is 0.229. The Balaban J connectivity index is 3.69. The van der Waals surface area contributed by atoms with Crippen molar-refractivity contribution in [1.82, 2.24) is 10.2 Å². The van der Waals surface area contributed by atoms with Gasteiger partial charge in [-0.2, -0.15) is 0 Å². The van der Waals surface area contributed by atoms with E-state index < -0.39 is 0 Å². The zero-order valence-electron chi connectivity index (χ0n) is 8.87. The van der Waals surface area contributed by atoms with E-state index in [-0.39, 0.29) is 24.5 Å². The zero-order valence-corrected chi connectivity index (χ0v) is 8.87. The van der Waals surface area contributed by atoms with Crippen LogP contribution in [0.5, 0.6) is 0 Å². The van der Waals surface area contributed by atoms with Crippen molar-refractivity contribution >= 4 is 5.91 Å². The minimum Gasteiger partial charge on any atom is -0.396 e. The van der Waals surface area contributed by atoms with Crippen LogP contribution in [-0.2, 0) is 4.79 Å². The van der Waals surface area contributed by atoms with Crippen LogP contribution in [0.3, 0.4) is 0 Å². The Morgan fingerprint density at radius 1 is 1.46 bits per heavy atom. The van der Waals surface area contributed by atoms with Crippen molar-refractivity contribution in [3.63, 3.8) is 0 Å². The Labute approximate surface area is 79.9 Å². The SMILES string of the molecule is CC(CO)C(C)NCC(=O)N(C)C. The molecule has 13 heavy (non-hydrogen) atoms. The van der Waals surface area contributed by atoms with Gasteiger partial charge < -0.3 is 15.3 Å². The van der Waals surface area contributed by atoms with Gasteiger partial charge in [0.25, 0.3) is 0 Å². The first-order chi connectivity index (χ1) is 5.99. The van der Waals surface area contributed by atoms with Crippen molar-refractivity contribution in [3.05, 3.63) is 0 Å². The Morgan fingerprint density at radius 2 is 2.00 bits per heavy atom. The number of aliphatic hydroxyl groups excluding tert-OH is 1. The predicted octanol–water partition coefficient (Wildman–Crippen LogP) is -0.319. The third-order valence-electron chi connectivity index (χ3n) is 2.22. The van der Waals surface area contributed by atoms with Crippen molar-refractivity contribution < 1.29 is 9.90 Å². The van der Waals surface area contributed by atoms with Crippen molar-refractivity contribution in [2.75, 3.05) is 27.2 Å². The van der Waals surface area contributed by atoms with E-state index in [0.29, 0.717) is 6.54 Å². The molecule has 2 atom stereocenters. The summed E-state index contributed by atoms with van der Waals surface area (Å²) in [5, 5.41) is 11.9. The number of amides is 1. The average molecular weight is 188 g/mol. The fourth-order valence-corrected chi connectivity index (χ4v) is 0.766. The maximum absolute atomic E-state index is 11.2. The summed E-state index contributed by atoms with van der Waals surface area (Å²) in [7, 11) is 3.45. The van der Waals surface area contributed by atoms with E-state index in [4.69, 9.17) is 5.11 Å². The Kier molecular flexibility index (Phi) is 5.66. The zero-order chi connectivity index (χ0) is 10.4. The first-order valence-corrected chi connectivity index (χ1v) is 4.53. The van der Waals surface area contributed by atoms with Gasteiger partial charge in [-0.05, 0) is 12.8 Å². The van der Waals surface area contributed by atoms with E-state index in [1.54, 1.807) is 19.0 Å². The first-order valence-electron chi connectivity index (χ1n) is 4.53. The average Bonchev–Trinajstić information content (AvgIpc) is 2.11. The van der Waals surface area contributed by atoms with Crippen molar-refractivity contribution in [1.29, 1.82) is 0 Å². The molecule has 0 fully saturated rings. The summed E-state index contributed by atoms with van der Waals surface area (Å²) in [6.45, 7) is 4.38. The number of rotatable bonds is 5. The minimum absolute atomic E-state index is 0.0528. The number of carbonyl (C=O) groups excluding carboxylic acids is 1. The number of nitrogens with one attached hydrogen (secondary N) is 1. The summed E-state index contributed by atoms with van der Waals surface area (Å²) in [6.07, 6.45) is 0. The highest BCUT2D eigenvalue weighted by Gasteiger charge is 2.12. The Morgan fingerprint density at radius 3 is 2.38 bits per heavy atom. The fraction of sp³-hybridized carbons (Fsp3) is 0.889. The third kappa shape index (κ3) is 4.85. The van der Waals surface area contributed by atoms with E-state index in [1.165, 1.54) is 0 Å². The van der Waals surface area contributed by atoms with E-state index in [9.17, 15) is 4.79 Å². The van der Waals surface area contributed by atoms with E-state index >= 15 is 0 Å². The summed E-state index contributed by atoms with van der Waals surface area (Å²) < 4.78 is 0. The number of carbonyl (C=O) groups is 1. The molecule has 0 rings (SSSR count). The monoisotopic (exact) mass is 188 g/mol. The maximum Gasteiger partial charge on any atom is 0.236 e. The van der Waals surface area contributed by atoms with Gasteiger partial charge in [-0.15, -0.1) is 0 Å². The van der Waals surface area contributed by atoms with Gasteiger partial charge in [-0.25, -0.2) is 0 Å². The summed E-state index contributed by atoms with van der Waals surface area (Å²) in [6, 6.07) is 0.161. The highest BCUT2D eigenvalue weighted by Crippen LogP contribution is 1.99. The summed E-state index contributed by atoms with van der Waals surface area (Å²) in [5.41, 5.74) is 0. The van der Waals surface area contributed by atoms with E-state index in [2.05, 4.69) is 5.32 Å². The molecule has 2 unspecified atom stereocenters. The van der Waals surface area contributed by atoms with Crippen LogP contribution in [0.2, 0.25) is 0 Å². The van der Waals surface area contributed by atoms with Gasteiger partial charge in [0, 0.05) is 26.7 Å². The van der Waals surface area contributed by atoms with Gasteiger partial charge in [-0.3, -0.25) is 4.79 Å². The molecule has 0 spiro atoms. The highest BCUT2D eigenvalue weighted by molar-refractivity contribution is 5.77. The molecule has 0 heterocycles. The molecule has 0 saturated heterocycles. The van der Waals surface area contributed by atoms with E-state index in [0.717, 1.165) is 0 Å². The first kappa shape index (κ1) is 12.4. The second-order valence-corrected chi connectivity index (χ2v) is 3.62. The van der Waals surface area contributed by atoms with Crippen LogP contribution in [-0.4, -0.2) is 49.2 Å². The lowest BCUT2D eigenvalue weighted by Crippen LogP contribution is -2.40. The minimum atomic E-state index is 0.0528. The van der Waals surface area contributed by atoms with Gasteiger partial charge >= 0.3 is 0 Å². The second-order valence-electron chi connectivity index (χ2n) is 3.62.